The van der Waals surface area contributed by atoms with Crippen LogP contribution in [0, 0.1) is 0 Å². The van der Waals surface area contributed by atoms with E-state index < -0.39 is 0 Å². The van der Waals surface area contributed by atoms with Crippen molar-refractivity contribution < 1.29 is 19.0 Å². The number of hydrogen-bond acceptors (Lipinski definition) is 5. The van der Waals surface area contributed by atoms with Gasteiger partial charge in [-0.25, -0.2) is 0 Å². The first-order valence-corrected chi connectivity index (χ1v) is 8.67. The molecule has 0 spiro atoms. The predicted molar refractivity (Wildman–Crippen MR) is 92.2 cm³/mol. The van der Waals surface area contributed by atoms with E-state index in [1.165, 1.54) is 0 Å². The lowest BCUT2D eigenvalue weighted by Crippen LogP contribution is -2.41. The number of anilines is 1. The van der Waals surface area contributed by atoms with E-state index in [1.54, 1.807) is 19.2 Å². The zero-order valence-corrected chi connectivity index (χ0v) is 14.6. The number of nitrogens with one attached hydrogen (secondary N) is 1. The summed E-state index contributed by atoms with van der Waals surface area (Å²) < 4.78 is 16.6. The van der Waals surface area contributed by atoms with Gasteiger partial charge in [-0.1, -0.05) is 11.6 Å². The maximum absolute atomic E-state index is 12.3. The molecular formula is C17H23ClN2O4. The minimum atomic E-state index is -0.0812. The molecule has 2 heterocycles. The van der Waals surface area contributed by atoms with Crippen LogP contribution in [0.4, 0.5) is 5.69 Å². The van der Waals surface area contributed by atoms with Crippen molar-refractivity contribution in [2.24, 2.45) is 0 Å². The quantitative estimate of drug-likeness (QED) is 0.900. The van der Waals surface area contributed by atoms with E-state index in [0.29, 0.717) is 48.1 Å². The third-order valence-electron chi connectivity index (χ3n) is 4.35. The minimum absolute atomic E-state index is 0.0812. The normalized spacial score (nSPS) is 18.9. The van der Waals surface area contributed by atoms with Crippen molar-refractivity contribution in [2.45, 2.75) is 25.4 Å². The molecule has 2 aliphatic rings. The number of likely N-dealkylation sites (tertiary alicyclic amines) is 1. The molecule has 7 heteroatoms. The zero-order chi connectivity index (χ0) is 16.9. The molecule has 0 saturated carbocycles. The summed E-state index contributed by atoms with van der Waals surface area (Å²) in [4.78, 5) is 14.4. The predicted octanol–water partition coefficient (Wildman–Crippen LogP) is 2.55. The summed E-state index contributed by atoms with van der Waals surface area (Å²) in [6.45, 7) is 3.27. The lowest BCUT2D eigenvalue weighted by Gasteiger charge is -2.30. The highest BCUT2D eigenvalue weighted by Crippen LogP contribution is 2.37. The van der Waals surface area contributed by atoms with Crippen molar-refractivity contribution >= 4 is 23.2 Å². The maximum Gasteiger partial charge on any atom is 0.238 e. The van der Waals surface area contributed by atoms with E-state index in [9.17, 15) is 4.79 Å². The number of nitrogens with zero attached hydrogens (tertiary/aromatic N) is 1. The largest absolute Gasteiger partial charge is 0.490 e. The van der Waals surface area contributed by atoms with Gasteiger partial charge in [0.15, 0.2) is 11.5 Å². The van der Waals surface area contributed by atoms with Gasteiger partial charge in [0, 0.05) is 38.8 Å². The molecule has 132 valence electrons. The highest BCUT2D eigenvalue weighted by atomic mass is 35.5. The highest BCUT2D eigenvalue weighted by molar-refractivity contribution is 6.34. The fourth-order valence-corrected chi connectivity index (χ4v) is 3.18. The Morgan fingerprint density at radius 2 is 1.96 bits per heavy atom. The number of benzene rings is 1. The molecule has 1 aromatic carbocycles. The molecular weight excluding hydrogens is 332 g/mol. The van der Waals surface area contributed by atoms with Crippen LogP contribution in [0.2, 0.25) is 5.02 Å². The first-order valence-electron chi connectivity index (χ1n) is 8.30. The van der Waals surface area contributed by atoms with Gasteiger partial charge in [0.1, 0.15) is 0 Å². The van der Waals surface area contributed by atoms with Crippen LogP contribution in [0.25, 0.3) is 0 Å². The molecule has 1 N–H and O–H groups in total. The SMILES string of the molecule is COC1CCN(CC(=O)Nc2cc3c(cc2Cl)OCCCO3)CC1. The fourth-order valence-electron chi connectivity index (χ4n) is 2.98. The molecule has 0 aliphatic carbocycles. The molecule has 24 heavy (non-hydrogen) atoms. The van der Waals surface area contributed by atoms with Gasteiger partial charge in [-0.3, -0.25) is 9.69 Å². The summed E-state index contributed by atoms with van der Waals surface area (Å²) >= 11 is 6.26. The first kappa shape index (κ1) is 17.3. The molecule has 0 unspecified atom stereocenters. The number of hydrogen-bond donors (Lipinski definition) is 1. The van der Waals surface area contributed by atoms with Crippen LogP contribution in [0.5, 0.6) is 11.5 Å². The summed E-state index contributed by atoms with van der Waals surface area (Å²) in [6, 6.07) is 3.43. The second kappa shape index (κ2) is 8.05. The Labute approximate surface area is 147 Å². The Bertz CT molecular complexity index is 588. The van der Waals surface area contributed by atoms with Gasteiger partial charge in [0.05, 0.1) is 36.6 Å². The van der Waals surface area contributed by atoms with Gasteiger partial charge >= 0.3 is 0 Å². The summed E-state index contributed by atoms with van der Waals surface area (Å²) in [5.41, 5.74) is 0.553. The lowest BCUT2D eigenvalue weighted by atomic mass is 10.1. The number of halogens is 1. The van der Waals surface area contributed by atoms with Crippen LogP contribution in [0.15, 0.2) is 12.1 Å². The van der Waals surface area contributed by atoms with Crippen LogP contribution in [-0.4, -0.2) is 56.9 Å². The summed E-state index contributed by atoms with van der Waals surface area (Å²) in [7, 11) is 1.74. The van der Waals surface area contributed by atoms with E-state index in [2.05, 4.69) is 10.2 Å². The third kappa shape index (κ3) is 4.32. The fraction of sp³-hybridized carbons (Fsp3) is 0.588. The monoisotopic (exact) mass is 354 g/mol. The van der Waals surface area contributed by atoms with Gasteiger partial charge in [0.2, 0.25) is 5.91 Å². The second-order valence-corrected chi connectivity index (χ2v) is 6.50. The standard InChI is InChI=1S/C17H23ClN2O4/c1-22-12-3-5-20(6-4-12)11-17(21)19-14-10-16-15(9-13(14)18)23-7-2-8-24-16/h9-10,12H,2-8,11H2,1H3,(H,19,21). The maximum atomic E-state index is 12.3. The van der Waals surface area contributed by atoms with Crippen molar-refractivity contribution in [1.82, 2.24) is 4.90 Å². The summed E-state index contributed by atoms with van der Waals surface area (Å²) in [6.07, 6.45) is 3.04. The summed E-state index contributed by atoms with van der Waals surface area (Å²) in [5, 5.41) is 3.32. The van der Waals surface area contributed by atoms with E-state index in [4.69, 9.17) is 25.8 Å². The second-order valence-electron chi connectivity index (χ2n) is 6.09. The van der Waals surface area contributed by atoms with Crippen molar-refractivity contribution in [3.63, 3.8) is 0 Å². The molecule has 2 aliphatic heterocycles. The number of rotatable bonds is 4. The lowest BCUT2D eigenvalue weighted by molar-refractivity contribution is -0.117. The Morgan fingerprint density at radius 3 is 2.62 bits per heavy atom. The van der Waals surface area contributed by atoms with Gasteiger partial charge in [-0.2, -0.15) is 0 Å². The average Bonchev–Trinajstić information content (AvgIpc) is 2.81. The van der Waals surface area contributed by atoms with Crippen LogP contribution in [0.3, 0.4) is 0 Å². The van der Waals surface area contributed by atoms with Crippen LogP contribution in [0.1, 0.15) is 19.3 Å². The van der Waals surface area contributed by atoms with Gasteiger partial charge < -0.3 is 19.5 Å². The smallest absolute Gasteiger partial charge is 0.238 e. The molecule has 3 rings (SSSR count). The topological polar surface area (TPSA) is 60.0 Å². The van der Waals surface area contributed by atoms with E-state index >= 15 is 0 Å². The number of amides is 1. The van der Waals surface area contributed by atoms with E-state index in [-0.39, 0.29) is 5.91 Å². The minimum Gasteiger partial charge on any atom is -0.490 e. The first-order chi connectivity index (χ1) is 11.7. The molecule has 1 aromatic rings. The van der Waals surface area contributed by atoms with E-state index in [0.717, 1.165) is 32.4 Å². The zero-order valence-electron chi connectivity index (χ0n) is 13.8. The molecule has 1 fully saturated rings. The Hall–Kier alpha value is -1.50. The van der Waals surface area contributed by atoms with Gasteiger partial charge in [-0.05, 0) is 12.8 Å². The van der Waals surface area contributed by atoms with Crippen molar-refractivity contribution in [3.05, 3.63) is 17.2 Å². The van der Waals surface area contributed by atoms with Gasteiger partial charge in [-0.15, -0.1) is 0 Å². The molecule has 0 atom stereocenters. The number of fused-ring (bicyclic) bond motifs is 1. The number of methoxy groups -OCH3 is 1. The molecule has 1 amide bonds. The van der Waals surface area contributed by atoms with Crippen LogP contribution in [-0.2, 0) is 9.53 Å². The number of carbonyl (C=O) groups is 1. The van der Waals surface area contributed by atoms with Gasteiger partial charge in [0.25, 0.3) is 0 Å². The number of piperidine rings is 1. The Balaban J connectivity index is 1.59. The highest BCUT2D eigenvalue weighted by Gasteiger charge is 2.21. The van der Waals surface area contributed by atoms with E-state index in [1.807, 2.05) is 0 Å². The van der Waals surface area contributed by atoms with Crippen LogP contribution >= 0.6 is 11.6 Å². The Morgan fingerprint density at radius 1 is 1.29 bits per heavy atom. The Kier molecular flexibility index (Phi) is 5.81. The summed E-state index contributed by atoms with van der Waals surface area (Å²) in [5.74, 6) is 1.16. The van der Waals surface area contributed by atoms with Crippen molar-refractivity contribution in [2.75, 3.05) is 45.3 Å². The molecule has 1 saturated heterocycles. The van der Waals surface area contributed by atoms with Crippen molar-refractivity contribution in [3.8, 4) is 11.5 Å². The average molecular weight is 355 g/mol. The molecule has 0 radical (unpaired) electrons. The molecule has 0 aromatic heterocycles. The molecule has 6 nitrogen and oxygen atoms in total. The molecule has 0 bridgehead atoms. The van der Waals surface area contributed by atoms with Crippen molar-refractivity contribution in [1.29, 1.82) is 0 Å². The number of carbonyl (C=O) groups excluding carboxylic acids is 1. The third-order valence-corrected chi connectivity index (χ3v) is 4.66. The van der Waals surface area contributed by atoms with Crippen LogP contribution < -0.4 is 14.8 Å². The number of ether oxygens (including phenoxy) is 3.